The van der Waals surface area contributed by atoms with Crippen molar-refractivity contribution in [1.82, 2.24) is 9.88 Å². The molecule has 27 heavy (non-hydrogen) atoms. The highest BCUT2D eigenvalue weighted by Gasteiger charge is 2.22. The van der Waals surface area contributed by atoms with Crippen LogP contribution >= 0.6 is 11.6 Å². The zero-order valence-corrected chi connectivity index (χ0v) is 16.6. The highest BCUT2D eigenvalue weighted by atomic mass is 35.5. The second-order valence-corrected chi connectivity index (χ2v) is 9.15. The molecule has 0 radical (unpaired) electrons. The number of aromatic amines is 1. The maximum absolute atomic E-state index is 12.7. The van der Waals surface area contributed by atoms with Gasteiger partial charge in [0.15, 0.2) is 0 Å². The van der Waals surface area contributed by atoms with Gasteiger partial charge in [-0.05, 0) is 68.8 Å². The van der Waals surface area contributed by atoms with Crippen molar-refractivity contribution >= 4 is 38.2 Å². The Kier molecular flexibility index (Phi) is 4.88. The monoisotopic (exact) mass is 403 g/mol. The average molecular weight is 404 g/mol. The minimum absolute atomic E-state index is 0.0774. The third-order valence-corrected chi connectivity index (χ3v) is 7.15. The number of likely N-dealkylation sites (N-methyl/N-ethyl adjacent to an activating group) is 1. The van der Waals surface area contributed by atoms with Crippen LogP contribution in [0.1, 0.15) is 18.4 Å². The van der Waals surface area contributed by atoms with E-state index in [9.17, 15) is 8.42 Å². The van der Waals surface area contributed by atoms with Crippen LogP contribution < -0.4 is 4.72 Å². The van der Waals surface area contributed by atoms with Gasteiger partial charge in [-0.15, -0.1) is 0 Å². The normalized spacial score (nSPS) is 18.2. The van der Waals surface area contributed by atoms with Gasteiger partial charge in [0.2, 0.25) is 0 Å². The highest BCUT2D eigenvalue weighted by Crippen LogP contribution is 2.29. The maximum Gasteiger partial charge on any atom is 0.263 e. The molecule has 0 spiro atoms. The van der Waals surface area contributed by atoms with E-state index < -0.39 is 10.0 Å². The maximum atomic E-state index is 12.7. The molecule has 1 atom stereocenters. The number of hydrogen-bond acceptors (Lipinski definition) is 3. The summed E-state index contributed by atoms with van der Waals surface area (Å²) in [5, 5.41) is 1.26. The summed E-state index contributed by atoms with van der Waals surface area (Å²) in [6.07, 6.45) is 5.41. The lowest BCUT2D eigenvalue weighted by Gasteiger charge is -2.18. The number of nitrogens with one attached hydrogen (secondary N) is 2. The first-order valence-electron chi connectivity index (χ1n) is 9.01. The van der Waals surface area contributed by atoms with Gasteiger partial charge in [-0.2, -0.15) is 0 Å². The Bertz CT molecular complexity index is 1080. The van der Waals surface area contributed by atoms with Crippen LogP contribution in [0.5, 0.6) is 0 Å². The first-order valence-corrected chi connectivity index (χ1v) is 10.9. The van der Waals surface area contributed by atoms with Crippen LogP contribution in [0.2, 0.25) is 5.02 Å². The lowest BCUT2D eigenvalue weighted by molar-refractivity contribution is 0.310. The number of likely N-dealkylation sites (tertiary alicyclic amines) is 1. The van der Waals surface area contributed by atoms with Gasteiger partial charge in [-0.25, -0.2) is 8.42 Å². The number of halogens is 1. The predicted molar refractivity (Wildman–Crippen MR) is 110 cm³/mol. The lowest BCUT2D eigenvalue weighted by atomic mass is 10.0. The van der Waals surface area contributed by atoms with Gasteiger partial charge in [-0.3, -0.25) is 4.72 Å². The summed E-state index contributed by atoms with van der Waals surface area (Å²) in [4.78, 5) is 5.76. The number of H-pyrrole nitrogens is 1. The second kappa shape index (κ2) is 7.19. The fourth-order valence-electron chi connectivity index (χ4n) is 3.77. The van der Waals surface area contributed by atoms with E-state index in [0.717, 1.165) is 23.9 Å². The van der Waals surface area contributed by atoms with Crippen LogP contribution in [0.3, 0.4) is 0 Å². The van der Waals surface area contributed by atoms with E-state index in [1.165, 1.54) is 24.5 Å². The number of nitrogens with zero attached hydrogens (tertiary/aromatic N) is 1. The minimum atomic E-state index is -3.74. The molecule has 1 aliphatic heterocycles. The molecular formula is C20H22ClN3O2S. The van der Waals surface area contributed by atoms with Crippen molar-refractivity contribution in [1.29, 1.82) is 0 Å². The van der Waals surface area contributed by atoms with Crippen LogP contribution in [-0.2, 0) is 16.4 Å². The summed E-state index contributed by atoms with van der Waals surface area (Å²) in [6, 6.07) is 12.5. The van der Waals surface area contributed by atoms with E-state index in [1.54, 1.807) is 24.3 Å². The van der Waals surface area contributed by atoms with Crippen LogP contribution in [0.4, 0.5) is 5.69 Å². The molecule has 142 valence electrons. The molecule has 0 unspecified atom stereocenters. The SMILES string of the molecule is CN1CCC[C@H]1Cc1c[nH]c2ccc(NS(=O)(=O)c3ccccc3Cl)cc12. The number of fused-ring (bicyclic) bond motifs is 1. The summed E-state index contributed by atoms with van der Waals surface area (Å²) < 4.78 is 28.0. The highest BCUT2D eigenvalue weighted by molar-refractivity contribution is 7.92. The van der Waals surface area contributed by atoms with Crippen LogP contribution in [0, 0.1) is 0 Å². The topological polar surface area (TPSA) is 65.2 Å². The number of sulfonamides is 1. The van der Waals surface area contributed by atoms with Crippen molar-refractivity contribution < 1.29 is 8.42 Å². The molecule has 4 rings (SSSR count). The summed E-state index contributed by atoms with van der Waals surface area (Å²) >= 11 is 6.06. The second-order valence-electron chi connectivity index (χ2n) is 7.09. The van der Waals surface area contributed by atoms with Gasteiger partial charge < -0.3 is 9.88 Å². The number of anilines is 1. The number of benzene rings is 2. The van der Waals surface area contributed by atoms with E-state index in [-0.39, 0.29) is 9.92 Å². The van der Waals surface area contributed by atoms with E-state index in [2.05, 4.69) is 21.7 Å². The van der Waals surface area contributed by atoms with Crippen molar-refractivity contribution in [2.75, 3.05) is 18.3 Å². The smallest absolute Gasteiger partial charge is 0.263 e. The van der Waals surface area contributed by atoms with Gasteiger partial charge >= 0.3 is 0 Å². The van der Waals surface area contributed by atoms with Crippen molar-refractivity contribution in [2.45, 2.75) is 30.2 Å². The van der Waals surface area contributed by atoms with Crippen molar-refractivity contribution in [3.63, 3.8) is 0 Å². The fourth-order valence-corrected chi connectivity index (χ4v) is 5.34. The molecule has 0 amide bonds. The summed E-state index contributed by atoms with van der Waals surface area (Å²) in [7, 11) is -1.58. The first kappa shape index (κ1) is 18.3. The molecule has 1 aromatic heterocycles. The predicted octanol–water partition coefficient (Wildman–Crippen LogP) is 4.26. The molecule has 2 aromatic carbocycles. The van der Waals surface area contributed by atoms with E-state index in [0.29, 0.717) is 11.7 Å². The van der Waals surface area contributed by atoms with Gasteiger partial charge in [0.25, 0.3) is 10.0 Å². The zero-order valence-electron chi connectivity index (χ0n) is 15.1. The Morgan fingerprint density at radius 2 is 2.07 bits per heavy atom. The first-order chi connectivity index (χ1) is 12.9. The Morgan fingerprint density at radius 3 is 2.81 bits per heavy atom. The van der Waals surface area contributed by atoms with Crippen LogP contribution in [0.25, 0.3) is 10.9 Å². The van der Waals surface area contributed by atoms with Crippen molar-refractivity contribution in [2.24, 2.45) is 0 Å². The summed E-state index contributed by atoms with van der Waals surface area (Å²) in [5.74, 6) is 0. The molecule has 7 heteroatoms. The molecule has 1 saturated heterocycles. The average Bonchev–Trinajstić information content (AvgIpc) is 3.22. The standard InChI is InChI=1S/C20H22ClN3O2S/c1-24-10-4-5-16(24)11-14-13-22-19-9-8-15(12-17(14)19)23-27(25,26)20-7-3-2-6-18(20)21/h2-3,6-9,12-13,16,22-23H,4-5,10-11H2,1H3/t16-/m0/s1. The van der Waals surface area contributed by atoms with E-state index in [4.69, 9.17) is 11.6 Å². The van der Waals surface area contributed by atoms with Crippen molar-refractivity contribution in [3.05, 3.63) is 59.2 Å². The Balaban J connectivity index is 1.63. The number of hydrogen-bond donors (Lipinski definition) is 2. The Hall–Kier alpha value is -2.02. The van der Waals surface area contributed by atoms with Gasteiger partial charge in [-0.1, -0.05) is 23.7 Å². The third kappa shape index (κ3) is 3.70. The molecule has 1 aliphatic rings. The fraction of sp³-hybridized carbons (Fsp3) is 0.300. The molecule has 5 nitrogen and oxygen atoms in total. The van der Waals surface area contributed by atoms with Gasteiger partial charge in [0.05, 0.1) is 5.02 Å². The van der Waals surface area contributed by atoms with Crippen LogP contribution in [0.15, 0.2) is 53.6 Å². The van der Waals surface area contributed by atoms with Gasteiger partial charge in [0.1, 0.15) is 4.90 Å². The quantitative estimate of drug-likeness (QED) is 0.669. The third-order valence-electron chi connectivity index (χ3n) is 5.27. The number of rotatable bonds is 5. The molecule has 0 saturated carbocycles. The van der Waals surface area contributed by atoms with E-state index in [1.807, 2.05) is 18.3 Å². The van der Waals surface area contributed by atoms with Crippen molar-refractivity contribution in [3.8, 4) is 0 Å². The van der Waals surface area contributed by atoms with Gasteiger partial charge in [0, 0.05) is 28.8 Å². The Labute approximate surface area is 164 Å². The minimum Gasteiger partial charge on any atom is -0.361 e. The molecular weight excluding hydrogens is 382 g/mol. The summed E-state index contributed by atoms with van der Waals surface area (Å²) in [6.45, 7) is 1.13. The zero-order chi connectivity index (χ0) is 19.0. The summed E-state index contributed by atoms with van der Waals surface area (Å²) in [5.41, 5.74) is 2.75. The number of aromatic nitrogens is 1. The lowest BCUT2D eigenvalue weighted by Crippen LogP contribution is -2.26. The molecule has 0 aliphatic carbocycles. The largest absolute Gasteiger partial charge is 0.361 e. The molecule has 1 fully saturated rings. The molecule has 0 bridgehead atoms. The molecule has 2 N–H and O–H groups in total. The Morgan fingerprint density at radius 1 is 1.26 bits per heavy atom. The molecule has 3 aromatic rings. The van der Waals surface area contributed by atoms with Crippen LogP contribution in [-0.4, -0.2) is 37.9 Å². The van der Waals surface area contributed by atoms with E-state index >= 15 is 0 Å². The molecule has 2 heterocycles.